The molecule has 16 aromatic rings. The van der Waals surface area contributed by atoms with Crippen LogP contribution in [0.2, 0.25) is 0 Å². The van der Waals surface area contributed by atoms with Crippen LogP contribution < -0.4 is 5.32 Å². The first kappa shape index (κ1) is 99.2. The SMILES string of the molecule is CC(=O)c1cnc2ccc(C(C)(C)C)cn12.CC(=O)c1cnc2ccc(C(C)(C)C)cn12.CC(=O)c1cnc2ccc(C(C)(C)C)cn12.CC(C)(C)c1ccc2ncc(Br)n2c1.CC(C)(C)c1ccc2nccn2c1.CCOC(=O)c1cnc2ccc(C(C)(C)C)cn12.CN(C)C(=O)c1cnc2ccc(C(C)(C)C)cn12.CNC(=O)c1cnc2ccc(C(C)(C)C)cn12. The molecule has 0 fully saturated rings. The van der Waals surface area contributed by atoms with E-state index in [0.717, 1.165) is 55.3 Å². The topological polar surface area (TPSA) is 265 Å². The Morgan fingerprint density at radius 1 is 0.320 bits per heavy atom. The third-order valence-electron chi connectivity index (χ3n) is 21.5. The van der Waals surface area contributed by atoms with Crippen LogP contribution in [-0.2, 0) is 48.1 Å². The number of carbonyl (C=O) groups excluding carboxylic acids is 6. The van der Waals surface area contributed by atoms with Crippen molar-refractivity contribution in [2.24, 2.45) is 0 Å². The number of halogens is 1. The number of imidazole rings is 8. The molecule has 0 bridgehead atoms. The zero-order valence-electron chi connectivity index (χ0n) is 80.6. The molecule has 0 aliphatic rings. The Morgan fingerprint density at radius 2 is 0.555 bits per heavy atom. The van der Waals surface area contributed by atoms with E-state index in [2.05, 4.69) is 297 Å². The highest BCUT2D eigenvalue weighted by atomic mass is 79.9. The number of fused-ring (bicyclic) bond motifs is 8. The average molecular weight is 1800 g/mol. The number of hydrogen-bond acceptors (Lipinski definition) is 15. The smallest absolute Gasteiger partial charge is 0.356 e. The van der Waals surface area contributed by atoms with Crippen molar-refractivity contribution < 1.29 is 33.5 Å². The lowest BCUT2D eigenvalue weighted by atomic mass is 9.88. The number of pyridine rings is 8. The summed E-state index contributed by atoms with van der Waals surface area (Å²) in [7, 11) is 5.11. The van der Waals surface area contributed by atoms with Crippen LogP contribution >= 0.6 is 15.9 Å². The molecule has 0 spiro atoms. The molecule has 0 aliphatic heterocycles. The predicted octanol–water partition coefficient (Wildman–Crippen LogP) is 21.7. The van der Waals surface area contributed by atoms with Crippen molar-refractivity contribution in [3.05, 3.63) is 286 Å². The van der Waals surface area contributed by atoms with Crippen LogP contribution in [0.4, 0.5) is 0 Å². The number of Topliss-reactive ketones (excluding diaryl/α,β-unsaturated/α-hetero) is 3. The highest BCUT2D eigenvalue weighted by molar-refractivity contribution is 9.10. The van der Waals surface area contributed by atoms with Gasteiger partial charge in [-0.15, -0.1) is 0 Å². The van der Waals surface area contributed by atoms with Crippen LogP contribution in [0.1, 0.15) is 301 Å². The number of hydrogen-bond donors (Lipinski definition) is 1. The fourth-order valence-corrected chi connectivity index (χ4v) is 13.5. The molecule has 25 nitrogen and oxygen atoms in total. The minimum Gasteiger partial charge on any atom is -0.461 e. The van der Waals surface area contributed by atoms with E-state index in [-0.39, 0.29) is 78.5 Å². The summed E-state index contributed by atoms with van der Waals surface area (Å²) < 4.78 is 21.2. The monoisotopic (exact) mass is 1800 g/mol. The molecule has 676 valence electrons. The molecular formula is C102H129BrN18O7. The van der Waals surface area contributed by atoms with E-state index in [1.54, 1.807) is 95.3 Å². The summed E-state index contributed by atoms with van der Waals surface area (Å²) in [6.45, 7) is 58.8. The summed E-state index contributed by atoms with van der Waals surface area (Å²) in [6, 6.07) is 32.4. The molecule has 1 N–H and O–H groups in total. The Morgan fingerprint density at radius 3 is 0.836 bits per heavy atom. The third-order valence-corrected chi connectivity index (χ3v) is 22.0. The van der Waals surface area contributed by atoms with Crippen molar-refractivity contribution in [2.45, 2.75) is 237 Å². The van der Waals surface area contributed by atoms with Gasteiger partial charge in [0.25, 0.3) is 11.8 Å². The van der Waals surface area contributed by atoms with Gasteiger partial charge in [0, 0.05) is 104 Å². The highest BCUT2D eigenvalue weighted by Gasteiger charge is 2.25. The minimum absolute atomic E-state index is 0.0321. The number of esters is 1. The van der Waals surface area contributed by atoms with Crippen molar-refractivity contribution in [3.8, 4) is 0 Å². The maximum Gasteiger partial charge on any atom is 0.356 e. The van der Waals surface area contributed by atoms with Crippen molar-refractivity contribution in [3.63, 3.8) is 0 Å². The van der Waals surface area contributed by atoms with Crippen molar-refractivity contribution in [1.29, 1.82) is 0 Å². The number of nitrogens with one attached hydrogen (secondary N) is 1. The summed E-state index contributed by atoms with van der Waals surface area (Å²) >= 11 is 3.47. The maximum absolute atomic E-state index is 12.0. The van der Waals surface area contributed by atoms with Gasteiger partial charge in [-0.25, -0.2) is 44.7 Å². The zero-order chi connectivity index (χ0) is 95.1. The van der Waals surface area contributed by atoms with E-state index >= 15 is 0 Å². The first-order valence-electron chi connectivity index (χ1n) is 43.0. The second kappa shape index (κ2) is 39.3. The van der Waals surface area contributed by atoms with Crippen LogP contribution in [-0.4, -0.2) is 143 Å². The third kappa shape index (κ3) is 24.6. The summed E-state index contributed by atoms with van der Waals surface area (Å²) in [5.41, 5.74) is 20.8. The van der Waals surface area contributed by atoms with Gasteiger partial charge in [0.2, 0.25) is 0 Å². The van der Waals surface area contributed by atoms with Crippen LogP contribution in [0.15, 0.2) is 207 Å². The van der Waals surface area contributed by atoms with E-state index in [1.165, 1.54) is 38.9 Å². The van der Waals surface area contributed by atoms with Gasteiger partial charge in [-0.05, 0) is 159 Å². The first-order chi connectivity index (χ1) is 59.4. The molecule has 0 unspecified atom stereocenters. The lowest BCUT2D eigenvalue weighted by molar-refractivity contribution is 0.0517. The van der Waals surface area contributed by atoms with Crippen LogP contribution in [0.25, 0.3) is 45.2 Å². The van der Waals surface area contributed by atoms with E-state index in [0.29, 0.717) is 40.8 Å². The number of rotatable bonds is 7. The maximum atomic E-state index is 12.0. The minimum atomic E-state index is -0.337. The lowest BCUT2D eigenvalue weighted by Gasteiger charge is -2.19. The molecule has 16 rings (SSSR count). The van der Waals surface area contributed by atoms with Gasteiger partial charge in [0.1, 0.15) is 78.3 Å². The van der Waals surface area contributed by atoms with Gasteiger partial charge in [0.15, 0.2) is 23.0 Å². The predicted molar refractivity (Wildman–Crippen MR) is 516 cm³/mol. The summed E-state index contributed by atoms with van der Waals surface area (Å²) in [4.78, 5) is 105. The largest absolute Gasteiger partial charge is 0.461 e. The van der Waals surface area contributed by atoms with Gasteiger partial charge < -0.3 is 19.4 Å². The summed E-state index contributed by atoms with van der Waals surface area (Å²) in [5.74, 6) is -0.371. The molecule has 0 saturated carbocycles. The Labute approximate surface area is 761 Å². The Bertz CT molecular complexity index is 6410. The van der Waals surface area contributed by atoms with Crippen LogP contribution in [0, 0.1) is 0 Å². The van der Waals surface area contributed by atoms with E-state index < -0.39 is 0 Å². The summed E-state index contributed by atoms with van der Waals surface area (Å²) in [5, 5.41) is 2.62. The zero-order valence-corrected chi connectivity index (χ0v) is 82.2. The van der Waals surface area contributed by atoms with Gasteiger partial charge in [0.05, 0.1) is 50.0 Å². The molecule has 16 aromatic heterocycles. The van der Waals surface area contributed by atoms with Crippen LogP contribution in [0.5, 0.6) is 0 Å². The normalized spacial score (nSPS) is 12.0. The number of aromatic nitrogens is 16. The number of nitrogens with zero attached hydrogens (tertiary/aromatic N) is 17. The summed E-state index contributed by atoms with van der Waals surface area (Å²) in [6.07, 6.45) is 31.5. The molecule has 0 saturated heterocycles. The van der Waals surface area contributed by atoms with Gasteiger partial charge in [-0.3, -0.25) is 54.8 Å². The molecule has 0 atom stereocenters. The molecule has 0 radical (unpaired) electrons. The quantitative estimate of drug-likeness (QED) is 0.115. The number of ether oxygens (including phenoxy) is 1. The lowest BCUT2D eigenvalue weighted by Crippen LogP contribution is -2.23. The van der Waals surface area contributed by atoms with Crippen molar-refractivity contribution >= 4 is 96.2 Å². The molecule has 2 amide bonds. The Balaban J connectivity index is 0.000000165. The molecule has 26 heteroatoms. The number of carbonyl (C=O) groups is 6. The van der Waals surface area contributed by atoms with Gasteiger partial charge >= 0.3 is 5.97 Å². The van der Waals surface area contributed by atoms with E-state index in [9.17, 15) is 28.8 Å². The highest BCUT2D eigenvalue weighted by Crippen LogP contribution is 2.31. The van der Waals surface area contributed by atoms with E-state index in [4.69, 9.17) is 4.74 Å². The molecule has 0 aromatic carbocycles. The number of ketones is 3. The Hall–Kier alpha value is -12.6. The molecule has 16 heterocycles. The van der Waals surface area contributed by atoms with Gasteiger partial charge in [-0.2, -0.15) is 0 Å². The second-order valence-corrected chi connectivity index (χ2v) is 41.1. The Kier molecular flexibility index (Phi) is 30.5. The fraction of sp³-hybridized carbons (Fsp3) is 0.392. The fourth-order valence-electron chi connectivity index (χ4n) is 13.1. The molecular weight excluding hydrogens is 1670 g/mol. The number of amides is 2. The first-order valence-corrected chi connectivity index (χ1v) is 43.8. The second-order valence-electron chi connectivity index (χ2n) is 40.2. The standard InChI is InChI=1S/C14H19N3O.C14H18N2O2.C13H17N3O.3C13H16N2O.C11H13BrN2.C11H14N2/c1-14(2,3)10-6-7-12-15-8-11(17(12)9-10)13(18)16(4)5;1-5-18-13(17)11-8-15-12-7-6-10(9-16(11)12)14(2,3)4;1-13(2,3)9-5-6-11-15-7-10(12(17)14-4)16(11)8-9;3*1-9(16)11-7-14-12-6-5-10(8-15(11)12)13(2,3)4;1-11(2,3)8-4-5-10-13-6-9(12)14(10)7-8;1-11(2,3)9-4-5-10-12-6-7-13(10)8-9/h6-9H,1-5H3;6-9H,5H2,1-4H3;5-8H,1-4H3,(H,14,17);3*5-8H,1-4H3;4-7H,1-3H3;4-8H,1-3H3. The van der Waals surface area contributed by atoms with Crippen molar-refractivity contribution in [1.82, 2.24) is 85.3 Å². The van der Waals surface area contributed by atoms with Gasteiger partial charge in [-0.1, -0.05) is 215 Å². The van der Waals surface area contributed by atoms with Crippen molar-refractivity contribution in [2.75, 3.05) is 27.7 Å². The van der Waals surface area contributed by atoms with E-state index in [1.807, 2.05) is 126 Å². The van der Waals surface area contributed by atoms with Crippen LogP contribution in [0.3, 0.4) is 0 Å². The molecule has 128 heavy (non-hydrogen) atoms. The molecule has 0 aliphatic carbocycles. The average Bonchev–Trinajstić information content (AvgIpc) is 1.65.